The minimum atomic E-state index is -0.179. The molecular formula is C8H10N4O. The zero-order valence-electron chi connectivity index (χ0n) is 7.46. The lowest BCUT2D eigenvalue weighted by Crippen LogP contribution is -2.24. The van der Waals surface area contributed by atoms with E-state index in [1.165, 1.54) is 17.8 Å². The van der Waals surface area contributed by atoms with E-state index in [2.05, 4.69) is 5.10 Å². The number of nitrogens with zero attached hydrogens (tertiary/aromatic N) is 2. The lowest BCUT2D eigenvalue weighted by Gasteiger charge is -2.02. The summed E-state index contributed by atoms with van der Waals surface area (Å²) in [6, 6.07) is 1.51. The van der Waals surface area contributed by atoms with Crippen LogP contribution in [0.5, 0.6) is 0 Å². The van der Waals surface area contributed by atoms with Gasteiger partial charge in [0, 0.05) is 18.8 Å². The fourth-order valence-corrected chi connectivity index (χ4v) is 0.963. The van der Waals surface area contributed by atoms with Gasteiger partial charge in [-0.05, 0) is 13.0 Å². The molecule has 5 heteroatoms. The summed E-state index contributed by atoms with van der Waals surface area (Å²) in [5.74, 6) is 0. The third kappa shape index (κ3) is 1.69. The van der Waals surface area contributed by atoms with E-state index in [4.69, 9.17) is 10.8 Å². The number of rotatable bonds is 2. The van der Waals surface area contributed by atoms with Gasteiger partial charge >= 0.3 is 0 Å². The second-order valence-corrected chi connectivity index (χ2v) is 2.70. The summed E-state index contributed by atoms with van der Waals surface area (Å²) in [4.78, 5) is 11.2. The van der Waals surface area contributed by atoms with Crippen LogP contribution in [0, 0.1) is 17.7 Å². The molecule has 0 saturated carbocycles. The van der Waals surface area contributed by atoms with E-state index in [0.717, 1.165) is 6.21 Å². The number of hydrogen-bond donors (Lipinski definition) is 2. The molecule has 0 unspecified atom stereocenters. The highest BCUT2D eigenvalue weighted by Gasteiger charge is 2.04. The summed E-state index contributed by atoms with van der Waals surface area (Å²) >= 11 is 0. The Morgan fingerprint density at radius 3 is 2.77 bits per heavy atom. The molecule has 5 nitrogen and oxygen atoms in total. The first kappa shape index (κ1) is 9.31. The van der Waals surface area contributed by atoms with E-state index >= 15 is 0 Å². The Hall–Kier alpha value is -1.78. The number of aromatic nitrogens is 2. The molecule has 68 valence electrons. The van der Waals surface area contributed by atoms with Gasteiger partial charge in [-0.2, -0.15) is 5.10 Å². The monoisotopic (exact) mass is 178 g/mol. The zero-order valence-corrected chi connectivity index (χ0v) is 7.46. The third-order valence-corrected chi connectivity index (χ3v) is 1.66. The van der Waals surface area contributed by atoms with Crippen LogP contribution in [-0.4, -0.2) is 21.7 Å². The molecule has 0 saturated heterocycles. The molecule has 0 bridgehead atoms. The summed E-state index contributed by atoms with van der Waals surface area (Å²) < 4.78 is 1.17. The molecule has 1 aromatic rings. The van der Waals surface area contributed by atoms with Crippen molar-refractivity contribution in [2.24, 2.45) is 7.05 Å². The highest BCUT2D eigenvalue weighted by atomic mass is 16.1. The van der Waals surface area contributed by atoms with Gasteiger partial charge in [-0.15, -0.1) is 0 Å². The summed E-state index contributed by atoms with van der Waals surface area (Å²) in [5, 5.41) is 18.0. The molecule has 1 rings (SSSR count). The lowest BCUT2D eigenvalue weighted by molar-refractivity contribution is 0.696. The lowest BCUT2D eigenvalue weighted by atomic mass is 10.2. The van der Waals surface area contributed by atoms with Gasteiger partial charge in [-0.3, -0.25) is 10.2 Å². The SMILES string of the molecule is Cc1cc(C(=N)C=N)nn(C)c1=O. The minimum Gasteiger partial charge on any atom is -0.306 e. The highest BCUT2D eigenvalue weighted by molar-refractivity contribution is 6.35. The zero-order chi connectivity index (χ0) is 10.0. The summed E-state index contributed by atoms with van der Waals surface area (Å²) in [5.41, 5.74) is 0.689. The average Bonchev–Trinajstić information content (AvgIpc) is 2.12. The van der Waals surface area contributed by atoms with E-state index in [9.17, 15) is 4.79 Å². The Balaban J connectivity index is 3.36. The van der Waals surface area contributed by atoms with Crippen LogP contribution < -0.4 is 5.56 Å². The van der Waals surface area contributed by atoms with Crippen LogP contribution >= 0.6 is 0 Å². The fourth-order valence-electron chi connectivity index (χ4n) is 0.963. The average molecular weight is 178 g/mol. The first-order valence-corrected chi connectivity index (χ1v) is 3.70. The van der Waals surface area contributed by atoms with Crippen molar-refractivity contribution in [2.75, 3.05) is 0 Å². The number of hydrogen-bond acceptors (Lipinski definition) is 4. The Morgan fingerprint density at radius 1 is 1.69 bits per heavy atom. The van der Waals surface area contributed by atoms with E-state index in [0.29, 0.717) is 11.3 Å². The van der Waals surface area contributed by atoms with Crippen molar-refractivity contribution < 1.29 is 0 Å². The van der Waals surface area contributed by atoms with Crippen molar-refractivity contribution in [3.8, 4) is 0 Å². The molecule has 0 aliphatic rings. The maximum absolute atomic E-state index is 11.2. The molecule has 1 heterocycles. The van der Waals surface area contributed by atoms with Crippen LogP contribution in [0.25, 0.3) is 0 Å². The quantitative estimate of drug-likeness (QED) is 0.630. The van der Waals surface area contributed by atoms with Crippen molar-refractivity contribution in [3.63, 3.8) is 0 Å². The topological polar surface area (TPSA) is 82.6 Å². The highest BCUT2D eigenvalue weighted by Crippen LogP contribution is 1.94. The standard InChI is InChI=1S/C8H10N4O/c1-5-3-7(6(10)4-9)11-12(2)8(5)13/h3-4,9-10H,1-2H3. The smallest absolute Gasteiger partial charge is 0.269 e. The van der Waals surface area contributed by atoms with E-state index in [1.54, 1.807) is 6.92 Å². The van der Waals surface area contributed by atoms with Gasteiger partial charge in [-0.1, -0.05) is 0 Å². The van der Waals surface area contributed by atoms with Crippen LogP contribution in [0.4, 0.5) is 0 Å². The second kappa shape index (κ2) is 3.30. The normalized spacial score (nSPS) is 9.69. The van der Waals surface area contributed by atoms with Crippen molar-refractivity contribution in [3.05, 3.63) is 27.7 Å². The molecule has 13 heavy (non-hydrogen) atoms. The predicted octanol–water partition coefficient (Wildman–Crippen LogP) is 0.106. The molecular weight excluding hydrogens is 168 g/mol. The van der Waals surface area contributed by atoms with Crippen LogP contribution in [0.3, 0.4) is 0 Å². The van der Waals surface area contributed by atoms with Crippen LogP contribution in [0.1, 0.15) is 11.3 Å². The van der Waals surface area contributed by atoms with Gasteiger partial charge in [0.1, 0.15) is 5.69 Å². The van der Waals surface area contributed by atoms with Crippen molar-refractivity contribution in [2.45, 2.75) is 6.92 Å². The molecule has 0 aliphatic carbocycles. The van der Waals surface area contributed by atoms with Gasteiger partial charge in [0.05, 0.1) is 5.71 Å². The Bertz CT molecular complexity index is 392. The Labute approximate surface area is 75.0 Å². The Kier molecular flexibility index (Phi) is 2.36. The van der Waals surface area contributed by atoms with Crippen LogP contribution in [0.2, 0.25) is 0 Å². The first-order chi connectivity index (χ1) is 6.06. The summed E-state index contributed by atoms with van der Waals surface area (Å²) in [6.45, 7) is 1.66. The van der Waals surface area contributed by atoms with Gasteiger partial charge in [0.15, 0.2) is 0 Å². The molecule has 0 amide bonds. The van der Waals surface area contributed by atoms with Crippen molar-refractivity contribution in [1.29, 1.82) is 10.8 Å². The molecule has 0 atom stereocenters. The van der Waals surface area contributed by atoms with Gasteiger partial charge in [-0.25, -0.2) is 4.68 Å². The molecule has 0 radical (unpaired) electrons. The summed E-state index contributed by atoms with van der Waals surface area (Å²) in [7, 11) is 1.52. The number of nitrogens with one attached hydrogen (secondary N) is 2. The van der Waals surface area contributed by atoms with Crippen LogP contribution in [0.15, 0.2) is 10.9 Å². The maximum Gasteiger partial charge on any atom is 0.269 e. The third-order valence-electron chi connectivity index (χ3n) is 1.66. The van der Waals surface area contributed by atoms with Gasteiger partial charge in [0.2, 0.25) is 0 Å². The van der Waals surface area contributed by atoms with E-state index < -0.39 is 0 Å². The number of aryl methyl sites for hydroxylation is 2. The molecule has 1 aromatic heterocycles. The molecule has 0 aromatic carbocycles. The van der Waals surface area contributed by atoms with Gasteiger partial charge < -0.3 is 5.41 Å². The largest absolute Gasteiger partial charge is 0.306 e. The first-order valence-electron chi connectivity index (χ1n) is 3.70. The maximum atomic E-state index is 11.2. The van der Waals surface area contributed by atoms with Crippen LogP contribution in [-0.2, 0) is 7.05 Å². The predicted molar refractivity (Wildman–Crippen MR) is 49.8 cm³/mol. The Morgan fingerprint density at radius 2 is 2.31 bits per heavy atom. The molecule has 2 N–H and O–H groups in total. The fraction of sp³-hybridized carbons (Fsp3) is 0.250. The van der Waals surface area contributed by atoms with E-state index in [-0.39, 0.29) is 11.3 Å². The van der Waals surface area contributed by atoms with E-state index in [1.807, 2.05) is 0 Å². The summed E-state index contributed by atoms with van der Waals surface area (Å²) in [6.07, 6.45) is 0.895. The molecule has 0 aliphatic heterocycles. The molecule has 0 spiro atoms. The minimum absolute atomic E-state index is 0.00120. The van der Waals surface area contributed by atoms with Crippen molar-refractivity contribution in [1.82, 2.24) is 9.78 Å². The second-order valence-electron chi connectivity index (χ2n) is 2.70. The van der Waals surface area contributed by atoms with Crippen molar-refractivity contribution >= 4 is 11.9 Å². The molecule has 0 fully saturated rings. The van der Waals surface area contributed by atoms with Gasteiger partial charge in [0.25, 0.3) is 5.56 Å².